The van der Waals surface area contributed by atoms with Crippen LogP contribution in [0.1, 0.15) is 55.4 Å². The van der Waals surface area contributed by atoms with Gasteiger partial charge in [0.05, 0.1) is 36.3 Å². The molecular weight excluding hydrogens is 398 g/mol. The van der Waals surface area contributed by atoms with Gasteiger partial charge in [-0.05, 0) is 30.5 Å². The Hall–Kier alpha value is -2.41. The molecule has 2 atom stereocenters. The molecule has 162 valence electrons. The van der Waals surface area contributed by atoms with Gasteiger partial charge in [-0.15, -0.1) is 11.3 Å². The van der Waals surface area contributed by atoms with Crippen LogP contribution in [0.15, 0.2) is 29.6 Å². The average molecular weight is 430 g/mol. The highest BCUT2D eigenvalue weighted by Crippen LogP contribution is 2.40. The van der Waals surface area contributed by atoms with E-state index in [0.717, 1.165) is 41.3 Å². The summed E-state index contributed by atoms with van der Waals surface area (Å²) < 4.78 is 5.27. The first-order chi connectivity index (χ1) is 14.5. The third kappa shape index (κ3) is 4.83. The summed E-state index contributed by atoms with van der Waals surface area (Å²) in [5.41, 5.74) is 1.88. The number of thiazole rings is 1. The molecular formula is C23H31N3O3S. The lowest BCUT2D eigenvalue weighted by molar-refractivity contribution is -0.135. The van der Waals surface area contributed by atoms with Gasteiger partial charge in [0.2, 0.25) is 11.8 Å². The number of amides is 2. The number of carbonyl (C=O) groups excluding carboxylic acids is 2. The second kappa shape index (κ2) is 10.1. The molecule has 3 rings (SSSR count). The number of carbonyl (C=O) groups is 2. The van der Waals surface area contributed by atoms with Gasteiger partial charge < -0.3 is 14.5 Å². The van der Waals surface area contributed by atoms with E-state index in [1.807, 2.05) is 34.5 Å². The molecule has 0 unspecified atom stereocenters. The molecule has 7 heteroatoms. The number of nitrogens with zero attached hydrogens (tertiary/aromatic N) is 3. The van der Waals surface area contributed by atoms with Crippen LogP contribution >= 0.6 is 11.3 Å². The lowest BCUT2D eigenvalue weighted by Crippen LogP contribution is -2.37. The molecule has 2 heterocycles. The predicted molar refractivity (Wildman–Crippen MR) is 118 cm³/mol. The highest BCUT2D eigenvalue weighted by Gasteiger charge is 2.45. The highest BCUT2D eigenvalue weighted by molar-refractivity contribution is 7.09. The van der Waals surface area contributed by atoms with Crippen molar-refractivity contribution in [2.24, 2.45) is 5.92 Å². The summed E-state index contributed by atoms with van der Waals surface area (Å²) in [5, 5.41) is 3.08. The fourth-order valence-corrected chi connectivity index (χ4v) is 4.74. The number of hydrogen-bond donors (Lipinski definition) is 0. The predicted octanol–water partition coefficient (Wildman–Crippen LogP) is 4.06. The van der Waals surface area contributed by atoms with Crippen molar-refractivity contribution in [3.63, 3.8) is 0 Å². The van der Waals surface area contributed by atoms with E-state index in [1.165, 1.54) is 0 Å². The van der Waals surface area contributed by atoms with Crippen LogP contribution in [0.5, 0.6) is 5.75 Å². The van der Waals surface area contributed by atoms with Crippen molar-refractivity contribution < 1.29 is 14.3 Å². The van der Waals surface area contributed by atoms with Crippen molar-refractivity contribution in [2.45, 2.75) is 52.1 Å². The summed E-state index contributed by atoms with van der Waals surface area (Å²) in [4.78, 5) is 34.4. The first-order valence-electron chi connectivity index (χ1n) is 10.6. The first-order valence-corrected chi connectivity index (χ1v) is 11.5. The number of ether oxygens (including phenoxy) is 1. The molecule has 0 saturated carbocycles. The van der Waals surface area contributed by atoms with Crippen LogP contribution in [0.4, 0.5) is 0 Å². The largest absolute Gasteiger partial charge is 0.497 e. The van der Waals surface area contributed by atoms with E-state index < -0.39 is 5.92 Å². The SMILES string of the molecule is CCCCN1C(=O)C[C@@H](C(=O)N(C)Cc2csc(CC)n2)[C@@H]1c1ccc(OC)cc1. The van der Waals surface area contributed by atoms with Crippen molar-refractivity contribution >= 4 is 23.2 Å². The van der Waals surface area contributed by atoms with E-state index in [9.17, 15) is 9.59 Å². The molecule has 1 aliphatic rings. The lowest BCUT2D eigenvalue weighted by atomic mass is 9.92. The van der Waals surface area contributed by atoms with E-state index in [4.69, 9.17) is 4.74 Å². The molecule has 2 amide bonds. The Morgan fingerprint density at radius 3 is 2.63 bits per heavy atom. The molecule has 0 radical (unpaired) electrons. The average Bonchev–Trinajstić information content (AvgIpc) is 3.35. The Labute approximate surface area is 182 Å². The number of aromatic nitrogens is 1. The monoisotopic (exact) mass is 429 g/mol. The summed E-state index contributed by atoms with van der Waals surface area (Å²) >= 11 is 1.62. The number of unbranched alkanes of at least 4 members (excludes halogenated alkanes) is 1. The summed E-state index contributed by atoms with van der Waals surface area (Å²) in [7, 11) is 3.43. The zero-order valence-corrected chi connectivity index (χ0v) is 19.1. The molecule has 1 aliphatic heterocycles. The van der Waals surface area contributed by atoms with Crippen molar-refractivity contribution in [3.05, 3.63) is 45.9 Å². The van der Waals surface area contributed by atoms with E-state index in [1.54, 1.807) is 30.4 Å². The fraction of sp³-hybridized carbons (Fsp3) is 0.522. The Morgan fingerprint density at radius 1 is 1.30 bits per heavy atom. The molecule has 1 fully saturated rings. The Bertz CT molecular complexity index is 865. The minimum atomic E-state index is -0.392. The normalized spacial score (nSPS) is 18.7. The molecule has 0 aliphatic carbocycles. The molecule has 1 aromatic heterocycles. The van der Waals surface area contributed by atoms with Gasteiger partial charge >= 0.3 is 0 Å². The van der Waals surface area contributed by atoms with Crippen LogP contribution in [0.25, 0.3) is 0 Å². The standard InChI is InChI=1S/C23H31N3O3S/c1-5-7-12-26-21(27)13-19(22(26)16-8-10-18(29-4)11-9-16)23(28)25(3)14-17-15-30-20(6-2)24-17/h8-11,15,19,22H,5-7,12-14H2,1-4H3/t19-,22+/m1/s1. The second-order valence-electron chi connectivity index (χ2n) is 7.75. The van der Waals surface area contributed by atoms with E-state index in [2.05, 4.69) is 18.8 Å². The van der Waals surface area contributed by atoms with E-state index >= 15 is 0 Å². The van der Waals surface area contributed by atoms with Crippen LogP contribution < -0.4 is 4.74 Å². The molecule has 2 aromatic rings. The quantitative estimate of drug-likeness (QED) is 0.603. The van der Waals surface area contributed by atoms with Gasteiger partial charge in [-0.2, -0.15) is 0 Å². The third-order valence-corrected chi connectivity index (χ3v) is 6.68. The van der Waals surface area contributed by atoms with Crippen molar-refractivity contribution in [1.82, 2.24) is 14.8 Å². The van der Waals surface area contributed by atoms with Gasteiger partial charge in [0.15, 0.2) is 0 Å². The number of rotatable bonds is 9. The van der Waals surface area contributed by atoms with E-state index in [0.29, 0.717) is 13.1 Å². The van der Waals surface area contributed by atoms with Gasteiger partial charge in [0.1, 0.15) is 5.75 Å². The third-order valence-electron chi connectivity index (χ3n) is 5.64. The number of benzene rings is 1. The minimum absolute atomic E-state index is 0.00536. The van der Waals surface area contributed by atoms with Crippen molar-refractivity contribution in [2.75, 3.05) is 20.7 Å². The van der Waals surface area contributed by atoms with Crippen LogP contribution in [0, 0.1) is 5.92 Å². The maximum atomic E-state index is 13.4. The Balaban J connectivity index is 1.83. The van der Waals surface area contributed by atoms with Crippen LogP contribution in [0.2, 0.25) is 0 Å². The van der Waals surface area contributed by atoms with Gasteiger partial charge in [-0.3, -0.25) is 9.59 Å². The zero-order valence-electron chi connectivity index (χ0n) is 18.3. The topological polar surface area (TPSA) is 62.7 Å². The Kier molecular flexibility index (Phi) is 7.48. The maximum Gasteiger partial charge on any atom is 0.228 e. The number of likely N-dealkylation sites (tertiary alicyclic amines) is 1. The minimum Gasteiger partial charge on any atom is -0.497 e. The number of methoxy groups -OCH3 is 1. The lowest BCUT2D eigenvalue weighted by Gasteiger charge is -2.30. The molecule has 0 N–H and O–H groups in total. The highest BCUT2D eigenvalue weighted by atomic mass is 32.1. The summed E-state index contributed by atoms with van der Waals surface area (Å²) in [5.74, 6) is 0.419. The van der Waals surface area contributed by atoms with Crippen LogP contribution in [-0.4, -0.2) is 47.3 Å². The molecule has 0 spiro atoms. The summed E-state index contributed by atoms with van der Waals surface area (Å²) in [6.45, 7) is 5.32. The van der Waals surface area contributed by atoms with Gasteiger partial charge in [0.25, 0.3) is 0 Å². The second-order valence-corrected chi connectivity index (χ2v) is 8.69. The zero-order chi connectivity index (χ0) is 21.7. The summed E-state index contributed by atoms with van der Waals surface area (Å²) in [6.07, 6.45) is 3.07. The Morgan fingerprint density at radius 2 is 2.03 bits per heavy atom. The van der Waals surface area contributed by atoms with Crippen LogP contribution in [-0.2, 0) is 22.6 Å². The van der Waals surface area contributed by atoms with Crippen LogP contribution in [0.3, 0.4) is 0 Å². The van der Waals surface area contributed by atoms with Gasteiger partial charge in [-0.1, -0.05) is 32.4 Å². The smallest absolute Gasteiger partial charge is 0.228 e. The van der Waals surface area contributed by atoms with Gasteiger partial charge in [-0.25, -0.2) is 4.98 Å². The van der Waals surface area contributed by atoms with Crippen molar-refractivity contribution in [3.8, 4) is 5.75 Å². The number of aryl methyl sites for hydroxylation is 1. The summed E-state index contributed by atoms with van der Waals surface area (Å²) in [6, 6.07) is 7.47. The first kappa shape index (κ1) is 22.3. The maximum absolute atomic E-state index is 13.4. The van der Waals surface area contributed by atoms with Crippen molar-refractivity contribution in [1.29, 1.82) is 0 Å². The van der Waals surface area contributed by atoms with Gasteiger partial charge in [0, 0.05) is 25.4 Å². The number of hydrogen-bond acceptors (Lipinski definition) is 5. The molecule has 30 heavy (non-hydrogen) atoms. The molecule has 0 bridgehead atoms. The molecule has 1 aromatic carbocycles. The fourth-order valence-electron chi connectivity index (χ4n) is 4.01. The molecule has 6 nitrogen and oxygen atoms in total. The molecule has 1 saturated heterocycles. The van der Waals surface area contributed by atoms with E-state index in [-0.39, 0.29) is 24.3 Å².